The van der Waals surface area contributed by atoms with Gasteiger partial charge in [0.1, 0.15) is 0 Å². The summed E-state index contributed by atoms with van der Waals surface area (Å²) in [4.78, 5) is 0. The van der Waals surface area contributed by atoms with Crippen LogP contribution in [0.2, 0.25) is 0 Å². The Kier molecular flexibility index (Phi) is 3.78. The molecule has 0 bridgehead atoms. The molecule has 2 heteroatoms. The fraction of sp³-hybridized carbons (Fsp3) is 1.00. The van der Waals surface area contributed by atoms with E-state index in [9.17, 15) is 0 Å². The molecule has 0 aromatic rings. The lowest BCUT2D eigenvalue weighted by molar-refractivity contribution is 0.292. The molecule has 0 spiro atoms. The molecule has 1 saturated carbocycles. The maximum atomic E-state index is 3.79. The van der Waals surface area contributed by atoms with Crippen LogP contribution in [0.15, 0.2) is 0 Å². The van der Waals surface area contributed by atoms with Crippen LogP contribution in [0.1, 0.15) is 45.4 Å². The van der Waals surface area contributed by atoms with Crippen LogP contribution in [0.3, 0.4) is 0 Å². The van der Waals surface area contributed by atoms with Gasteiger partial charge < -0.3 is 5.32 Å². The van der Waals surface area contributed by atoms with Gasteiger partial charge in [0.2, 0.25) is 0 Å². The zero-order valence-electron chi connectivity index (χ0n) is 9.35. The molecule has 1 saturated heterocycles. The summed E-state index contributed by atoms with van der Waals surface area (Å²) in [6.45, 7) is 3.73. The van der Waals surface area contributed by atoms with Crippen LogP contribution in [0.4, 0.5) is 0 Å². The van der Waals surface area contributed by atoms with E-state index in [0.717, 1.165) is 6.04 Å². The molecule has 1 aliphatic carbocycles. The zero-order valence-corrected chi connectivity index (χ0v) is 10.2. The molecule has 0 amide bonds. The van der Waals surface area contributed by atoms with Crippen molar-refractivity contribution < 1.29 is 0 Å². The first-order valence-corrected chi connectivity index (χ1v) is 7.25. The molecule has 0 atom stereocenters. The van der Waals surface area contributed by atoms with Crippen LogP contribution in [-0.2, 0) is 0 Å². The predicted molar refractivity (Wildman–Crippen MR) is 64.9 cm³/mol. The zero-order chi connectivity index (χ0) is 9.86. The summed E-state index contributed by atoms with van der Waals surface area (Å²) < 4.78 is 0. The van der Waals surface area contributed by atoms with Crippen molar-refractivity contribution in [1.29, 1.82) is 0 Å². The maximum absolute atomic E-state index is 3.79. The fourth-order valence-electron chi connectivity index (χ4n) is 2.70. The highest BCUT2D eigenvalue weighted by Gasteiger charge is 2.29. The predicted octanol–water partition coefficient (Wildman–Crippen LogP) is 3.05. The largest absolute Gasteiger partial charge is 0.313 e. The first-order valence-electron chi connectivity index (χ1n) is 6.10. The average molecular weight is 213 g/mol. The van der Waals surface area contributed by atoms with Gasteiger partial charge in [0.25, 0.3) is 0 Å². The van der Waals surface area contributed by atoms with E-state index < -0.39 is 0 Å². The van der Waals surface area contributed by atoms with Gasteiger partial charge in [-0.05, 0) is 42.6 Å². The second-order valence-corrected chi connectivity index (χ2v) is 6.51. The lowest BCUT2D eigenvalue weighted by atomic mass is 9.88. The topological polar surface area (TPSA) is 12.0 Å². The minimum atomic E-state index is 0.630. The molecule has 14 heavy (non-hydrogen) atoms. The molecule has 2 fully saturated rings. The lowest BCUT2D eigenvalue weighted by Crippen LogP contribution is -2.39. The number of rotatable bonds is 3. The van der Waals surface area contributed by atoms with Crippen LogP contribution >= 0.6 is 11.8 Å². The Bertz CT molecular complexity index is 169. The highest BCUT2D eigenvalue weighted by molar-refractivity contribution is 7.99. The van der Waals surface area contributed by atoms with E-state index in [1.165, 1.54) is 56.6 Å². The minimum absolute atomic E-state index is 0.630. The summed E-state index contributed by atoms with van der Waals surface area (Å²) in [5.74, 6) is 2.74. The van der Waals surface area contributed by atoms with Gasteiger partial charge in [0.05, 0.1) is 0 Å². The molecular formula is C12H23NS. The molecule has 0 aromatic carbocycles. The van der Waals surface area contributed by atoms with Crippen molar-refractivity contribution >= 4 is 11.8 Å². The number of hydrogen-bond acceptors (Lipinski definition) is 2. The Morgan fingerprint density at radius 1 is 1.21 bits per heavy atom. The van der Waals surface area contributed by atoms with E-state index in [2.05, 4.69) is 24.0 Å². The van der Waals surface area contributed by atoms with Gasteiger partial charge in [-0.1, -0.05) is 19.8 Å². The van der Waals surface area contributed by atoms with Gasteiger partial charge in [0, 0.05) is 12.6 Å². The maximum Gasteiger partial charge on any atom is 0.00830 e. The second kappa shape index (κ2) is 4.89. The fourth-order valence-corrected chi connectivity index (χ4v) is 3.80. The average Bonchev–Trinajstić information content (AvgIpc) is 2.65. The Balaban J connectivity index is 1.70. The first kappa shape index (κ1) is 10.8. The molecule has 2 aliphatic rings. The van der Waals surface area contributed by atoms with Gasteiger partial charge in [-0.15, -0.1) is 0 Å². The summed E-state index contributed by atoms with van der Waals surface area (Å²) in [5.41, 5.74) is 0.630. The molecule has 1 nitrogen and oxygen atoms in total. The smallest absolute Gasteiger partial charge is 0.00830 e. The summed E-state index contributed by atoms with van der Waals surface area (Å²) in [7, 11) is 0. The van der Waals surface area contributed by atoms with Gasteiger partial charge in [-0.25, -0.2) is 0 Å². The van der Waals surface area contributed by atoms with Crippen LogP contribution in [-0.4, -0.2) is 24.1 Å². The van der Waals surface area contributed by atoms with Crippen molar-refractivity contribution in [3.63, 3.8) is 0 Å². The SMILES string of the molecule is CC1(CNC2CCSCC2)CCCC1. The molecule has 2 rings (SSSR count). The molecule has 1 N–H and O–H groups in total. The summed E-state index contributed by atoms with van der Waals surface area (Å²) in [5, 5.41) is 3.79. The van der Waals surface area contributed by atoms with Crippen molar-refractivity contribution in [2.75, 3.05) is 18.1 Å². The van der Waals surface area contributed by atoms with Crippen LogP contribution in [0.25, 0.3) is 0 Å². The van der Waals surface area contributed by atoms with Crippen LogP contribution < -0.4 is 5.32 Å². The molecular weight excluding hydrogens is 190 g/mol. The summed E-state index contributed by atoms with van der Waals surface area (Å²) in [6.07, 6.45) is 8.59. The normalized spacial score (nSPS) is 28.1. The first-order chi connectivity index (χ1) is 6.79. The number of hydrogen-bond donors (Lipinski definition) is 1. The minimum Gasteiger partial charge on any atom is -0.313 e. The van der Waals surface area contributed by atoms with E-state index in [1.54, 1.807) is 0 Å². The quantitative estimate of drug-likeness (QED) is 0.773. The molecule has 82 valence electrons. The van der Waals surface area contributed by atoms with Crippen molar-refractivity contribution in [2.24, 2.45) is 5.41 Å². The third-order valence-electron chi connectivity index (χ3n) is 3.85. The monoisotopic (exact) mass is 213 g/mol. The Morgan fingerprint density at radius 2 is 1.86 bits per heavy atom. The van der Waals surface area contributed by atoms with E-state index in [4.69, 9.17) is 0 Å². The van der Waals surface area contributed by atoms with Crippen molar-refractivity contribution in [1.82, 2.24) is 5.32 Å². The molecule has 1 aliphatic heterocycles. The van der Waals surface area contributed by atoms with Crippen molar-refractivity contribution in [3.05, 3.63) is 0 Å². The summed E-state index contributed by atoms with van der Waals surface area (Å²) >= 11 is 2.12. The Labute approximate surface area is 92.4 Å². The lowest BCUT2D eigenvalue weighted by Gasteiger charge is -2.29. The van der Waals surface area contributed by atoms with Crippen LogP contribution in [0.5, 0.6) is 0 Å². The summed E-state index contributed by atoms with van der Waals surface area (Å²) in [6, 6.07) is 0.827. The third kappa shape index (κ3) is 2.90. The highest BCUT2D eigenvalue weighted by atomic mass is 32.2. The van der Waals surface area contributed by atoms with Crippen molar-refractivity contribution in [3.8, 4) is 0 Å². The standard InChI is InChI=1S/C12H23NS/c1-12(6-2-3-7-12)10-13-11-4-8-14-9-5-11/h11,13H,2-10H2,1H3. The Hall–Kier alpha value is 0.310. The van der Waals surface area contributed by atoms with E-state index in [1.807, 2.05) is 0 Å². The van der Waals surface area contributed by atoms with Gasteiger partial charge in [-0.3, -0.25) is 0 Å². The van der Waals surface area contributed by atoms with Crippen molar-refractivity contribution in [2.45, 2.75) is 51.5 Å². The van der Waals surface area contributed by atoms with Crippen LogP contribution in [0, 0.1) is 5.41 Å². The van der Waals surface area contributed by atoms with Gasteiger partial charge in [-0.2, -0.15) is 11.8 Å². The molecule has 0 radical (unpaired) electrons. The van der Waals surface area contributed by atoms with E-state index in [-0.39, 0.29) is 0 Å². The molecule has 0 unspecified atom stereocenters. The van der Waals surface area contributed by atoms with Gasteiger partial charge in [0.15, 0.2) is 0 Å². The third-order valence-corrected chi connectivity index (χ3v) is 4.90. The molecule has 0 aromatic heterocycles. The highest BCUT2D eigenvalue weighted by Crippen LogP contribution is 2.37. The number of thioether (sulfide) groups is 1. The second-order valence-electron chi connectivity index (χ2n) is 5.29. The van der Waals surface area contributed by atoms with E-state index >= 15 is 0 Å². The Morgan fingerprint density at radius 3 is 2.50 bits per heavy atom. The van der Waals surface area contributed by atoms with E-state index in [0.29, 0.717) is 5.41 Å². The molecule has 1 heterocycles. The number of nitrogens with one attached hydrogen (secondary N) is 1. The van der Waals surface area contributed by atoms with Gasteiger partial charge >= 0.3 is 0 Å².